The summed E-state index contributed by atoms with van der Waals surface area (Å²) in [5.41, 5.74) is 4.83. The van der Waals surface area contributed by atoms with E-state index in [1.807, 2.05) is 48.5 Å². The summed E-state index contributed by atoms with van der Waals surface area (Å²) in [7, 11) is 0. The van der Waals surface area contributed by atoms with Crippen LogP contribution in [0.15, 0.2) is 72.8 Å². The Morgan fingerprint density at radius 3 is 1.68 bits per heavy atom. The summed E-state index contributed by atoms with van der Waals surface area (Å²) in [6.07, 6.45) is 2.88. The minimum absolute atomic E-state index is 0.255. The average molecular weight is 623 g/mol. The molecule has 2 bridgehead atoms. The van der Waals surface area contributed by atoms with Crippen molar-refractivity contribution in [1.82, 2.24) is 0 Å². The molecule has 3 aromatic carbocycles. The third kappa shape index (κ3) is 3.29. The van der Waals surface area contributed by atoms with E-state index >= 15 is 0 Å². The molecule has 7 rings (SSSR count). The van der Waals surface area contributed by atoms with Crippen molar-refractivity contribution in [3.63, 3.8) is 0 Å². The molecular weight excluding hydrogens is 598 g/mol. The van der Waals surface area contributed by atoms with Crippen LogP contribution in [0.4, 0.5) is 5.69 Å². The van der Waals surface area contributed by atoms with Gasteiger partial charge in [-0.25, -0.2) is 9.69 Å². The maximum Gasteiger partial charge on any atom is 0.338 e. The first-order chi connectivity index (χ1) is 17.8. The number of hydrogen-bond donors (Lipinski definition) is 0. The zero-order chi connectivity index (χ0) is 25.9. The van der Waals surface area contributed by atoms with E-state index in [9.17, 15) is 14.4 Å². The normalized spacial score (nSPS) is 27.1. The second-order valence-electron chi connectivity index (χ2n) is 9.87. The fourth-order valence-corrected chi connectivity index (χ4v) is 8.57. The average Bonchev–Trinajstić information content (AvgIpc) is 3.20. The van der Waals surface area contributed by atoms with Crippen LogP contribution < -0.4 is 4.90 Å². The Labute approximate surface area is 232 Å². The molecule has 2 amide bonds. The molecule has 188 valence electrons. The van der Waals surface area contributed by atoms with Gasteiger partial charge in [0.15, 0.2) is 0 Å². The fraction of sp³-hybridized carbons (Fsp3) is 0.300. The molecule has 2 atom stereocenters. The van der Waals surface area contributed by atoms with E-state index < -0.39 is 26.5 Å². The Balaban J connectivity index is 1.39. The molecule has 0 N–H and O–H groups in total. The number of ether oxygens (including phenoxy) is 1. The Bertz CT molecular complexity index is 1310. The van der Waals surface area contributed by atoms with Gasteiger partial charge in [-0.15, -0.1) is 0 Å². The Kier molecular flexibility index (Phi) is 5.92. The van der Waals surface area contributed by atoms with Crippen molar-refractivity contribution in [2.24, 2.45) is 11.8 Å². The molecule has 37 heavy (non-hydrogen) atoms. The maximum absolute atomic E-state index is 14.1. The first kappa shape index (κ1) is 24.6. The minimum Gasteiger partial charge on any atom is -0.462 e. The Morgan fingerprint density at radius 2 is 1.24 bits per heavy atom. The molecule has 1 fully saturated rings. The number of alkyl halides is 2. The summed E-state index contributed by atoms with van der Waals surface area (Å²) in [5.74, 6) is -2.18. The van der Waals surface area contributed by atoms with Gasteiger partial charge in [0.1, 0.15) is 0 Å². The number of imide groups is 1. The van der Waals surface area contributed by atoms with Gasteiger partial charge in [-0.3, -0.25) is 9.59 Å². The van der Waals surface area contributed by atoms with Gasteiger partial charge in [-0.05, 0) is 52.9 Å². The monoisotopic (exact) mass is 621 g/mol. The molecule has 1 saturated heterocycles. The van der Waals surface area contributed by atoms with Crippen molar-refractivity contribution in [1.29, 1.82) is 0 Å². The van der Waals surface area contributed by atoms with Gasteiger partial charge >= 0.3 is 5.97 Å². The lowest BCUT2D eigenvalue weighted by molar-refractivity contribution is -0.122. The lowest BCUT2D eigenvalue weighted by Gasteiger charge is -2.55. The van der Waals surface area contributed by atoms with E-state index in [0.29, 0.717) is 17.9 Å². The number of carbonyl (C=O) groups excluding carboxylic acids is 3. The molecule has 7 heteroatoms. The van der Waals surface area contributed by atoms with E-state index in [1.54, 1.807) is 24.3 Å². The molecule has 1 heterocycles. The molecular formula is C30H25Br2NO4. The van der Waals surface area contributed by atoms with Crippen molar-refractivity contribution < 1.29 is 19.1 Å². The van der Waals surface area contributed by atoms with Crippen LogP contribution >= 0.6 is 31.9 Å². The topological polar surface area (TPSA) is 63.7 Å². The van der Waals surface area contributed by atoms with Gasteiger partial charge in [0.2, 0.25) is 11.8 Å². The first-order valence-electron chi connectivity index (χ1n) is 12.6. The number of nitrogens with zero attached hydrogens (tertiary/aromatic N) is 1. The van der Waals surface area contributed by atoms with Gasteiger partial charge in [-0.1, -0.05) is 100 Å². The van der Waals surface area contributed by atoms with Crippen molar-refractivity contribution in [3.05, 3.63) is 101 Å². The molecule has 4 aliphatic rings. The molecule has 1 aliphatic heterocycles. The molecule has 0 unspecified atom stereocenters. The molecule has 3 aromatic rings. The van der Waals surface area contributed by atoms with Crippen molar-refractivity contribution >= 4 is 55.3 Å². The molecule has 5 nitrogen and oxygen atoms in total. The van der Waals surface area contributed by atoms with Crippen LogP contribution in [0.1, 0.15) is 58.8 Å². The number of esters is 1. The van der Waals surface area contributed by atoms with Gasteiger partial charge in [0, 0.05) is 0 Å². The summed E-state index contributed by atoms with van der Waals surface area (Å²) in [6, 6.07) is 22.6. The highest BCUT2D eigenvalue weighted by Gasteiger charge is 2.72. The summed E-state index contributed by atoms with van der Waals surface area (Å²) in [4.78, 5) is 41.9. The van der Waals surface area contributed by atoms with E-state index in [-0.39, 0.29) is 11.8 Å². The number of amides is 2. The van der Waals surface area contributed by atoms with Crippen molar-refractivity contribution in [2.75, 3.05) is 11.5 Å². The number of carbonyl (C=O) groups is 3. The Hall–Kier alpha value is -2.77. The van der Waals surface area contributed by atoms with Crippen LogP contribution in [0.5, 0.6) is 0 Å². The third-order valence-electron chi connectivity index (χ3n) is 7.93. The number of halogens is 2. The second kappa shape index (κ2) is 8.91. The highest BCUT2D eigenvalue weighted by Crippen LogP contribution is 2.70. The Morgan fingerprint density at radius 1 is 0.784 bits per heavy atom. The second-order valence-corrected chi connectivity index (χ2v) is 12.4. The number of rotatable bonds is 6. The quantitative estimate of drug-likeness (QED) is 0.137. The molecule has 0 radical (unpaired) electrons. The molecule has 0 spiro atoms. The number of anilines is 1. The van der Waals surface area contributed by atoms with Gasteiger partial charge < -0.3 is 4.74 Å². The highest BCUT2D eigenvalue weighted by atomic mass is 79.9. The van der Waals surface area contributed by atoms with Crippen molar-refractivity contribution in [3.8, 4) is 0 Å². The number of unbranched alkanes of at least 4 members (excludes halogenated alkanes) is 2. The summed E-state index contributed by atoms with van der Waals surface area (Å²) in [6.45, 7) is 2.47. The van der Waals surface area contributed by atoms with Crippen LogP contribution in [0.3, 0.4) is 0 Å². The fourth-order valence-electron chi connectivity index (χ4n) is 6.27. The van der Waals surface area contributed by atoms with E-state index in [2.05, 4.69) is 38.8 Å². The highest BCUT2D eigenvalue weighted by molar-refractivity contribution is 9.10. The van der Waals surface area contributed by atoms with Gasteiger partial charge in [0.25, 0.3) is 0 Å². The van der Waals surface area contributed by atoms with E-state index in [4.69, 9.17) is 4.74 Å². The summed E-state index contributed by atoms with van der Waals surface area (Å²) in [5, 5.41) is 0. The maximum atomic E-state index is 14.1. The predicted molar refractivity (Wildman–Crippen MR) is 148 cm³/mol. The lowest BCUT2D eigenvalue weighted by Crippen LogP contribution is -2.56. The predicted octanol–water partition coefficient (Wildman–Crippen LogP) is 6.44. The first-order valence-corrected chi connectivity index (χ1v) is 14.2. The van der Waals surface area contributed by atoms with Gasteiger partial charge in [-0.2, -0.15) is 0 Å². The van der Waals surface area contributed by atoms with Crippen LogP contribution in [-0.2, 0) is 23.0 Å². The number of hydrogen-bond acceptors (Lipinski definition) is 4. The smallest absolute Gasteiger partial charge is 0.338 e. The van der Waals surface area contributed by atoms with Gasteiger partial charge in [0.05, 0.1) is 38.3 Å². The van der Waals surface area contributed by atoms with Crippen LogP contribution in [0.2, 0.25) is 0 Å². The van der Waals surface area contributed by atoms with E-state index in [0.717, 1.165) is 41.5 Å². The van der Waals surface area contributed by atoms with Crippen LogP contribution in [-0.4, -0.2) is 24.4 Å². The van der Waals surface area contributed by atoms with Crippen molar-refractivity contribution in [2.45, 2.75) is 34.8 Å². The minimum atomic E-state index is -0.829. The largest absolute Gasteiger partial charge is 0.462 e. The number of benzene rings is 3. The molecule has 0 aromatic heterocycles. The molecule has 3 aliphatic carbocycles. The summed E-state index contributed by atoms with van der Waals surface area (Å²) >= 11 is 8.03. The zero-order valence-electron chi connectivity index (χ0n) is 20.2. The lowest BCUT2D eigenvalue weighted by atomic mass is 9.54. The van der Waals surface area contributed by atoms with E-state index in [1.165, 1.54) is 4.90 Å². The SMILES string of the molecule is CCCCCOC(=O)c1ccc(N2C(=O)[C@@H]3[C@@H](C2=O)C2(Br)c4ccccc4C3(Br)c3ccccc32)cc1. The molecule has 0 saturated carbocycles. The zero-order valence-corrected chi connectivity index (χ0v) is 23.4. The van der Waals surface area contributed by atoms with Crippen LogP contribution in [0.25, 0.3) is 0 Å². The summed E-state index contributed by atoms with van der Waals surface area (Å²) < 4.78 is 3.69. The van der Waals surface area contributed by atoms with Crippen LogP contribution in [0, 0.1) is 11.8 Å². The third-order valence-corrected chi connectivity index (χ3v) is 10.6. The standard InChI is InChI=1S/C30H25Br2NO4/c1-2-3-8-17-37-28(36)18-13-15-19(16-14-18)33-26(34)24-25(27(33)35)30(32)21-10-5-4-9-20(21)29(24,31)22-11-6-7-12-23(22)30/h4-7,9-16,24-25H,2-3,8,17H2,1H3/t24-,25-,29?,30?/m0/s1.